The number of rotatable bonds is 3. The van der Waals surface area contributed by atoms with E-state index in [1.54, 1.807) is 24.9 Å². The maximum absolute atomic E-state index is 12.0. The highest BCUT2D eigenvalue weighted by molar-refractivity contribution is 5.92. The molecule has 2 N–H and O–H groups in total. The molecule has 0 aliphatic rings. The molecule has 0 spiro atoms. The molecule has 0 aliphatic heterocycles. The lowest BCUT2D eigenvalue weighted by atomic mass is 10.2. The molecule has 2 rings (SSSR count). The summed E-state index contributed by atoms with van der Waals surface area (Å²) in [7, 11) is 1.72. The number of carbonyl (C=O) groups excluding carboxylic acids is 1. The van der Waals surface area contributed by atoms with E-state index in [1.807, 2.05) is 24.3 Å². The third-order valence-corrected chi connectivity index (χ3v) is 2.56. The fourth-order valence-electron chi connectivity index (χ4n) is 1.70. The van der Waals surface area contributed by atoms with Gasteiger partial charge in [-0.2, -0.15) is 0 Å². The Labute approximate surface area is 105 Å². The minimum atomic E-state index is -0.172. The molecular weight excluding hydrogens is 230 g/mol. The van der Waals surface area contributed by atoms with Crippen LogP contribution in [0.1, 0.15) is 21.8 Å². The van der Waals surface area contributed by atoms with Gasteiger partial charge in [0.15, 0.2) is 5.69 Å². The lowest BCUT2D eigenvalue weighted by Crippen LogP contribution is -2.26. The van der Waals surface area contributed by atoms with Crippen LogP contribution in [0.2, 0.25) is 0 Å². The lowest BCUT2D eigenvalue weighted by molar-refractivity contribution is 0.0774. The molecule has 0 atom stereocenters. The summed E-state index contributed by atoms with van der Waals surface area (Å²) in [5.74, 6) is 0.449. The highest BCUT2D eigenvalue weighted by Gasteiger charge is 2.15. The van der Waals surface area contributed by atoms with Crippen LogP contribution in [0.25, 0.3) is 0 Å². The molecule has 94 valence electrons. The van der Waals surface area contributed by atoms with E-state index < -0.39 is 0 Å². The number of nitrogen functional groups attached to an aromatic ring is 1. The van der Waals surface area contributed by atoms with Gasteiger partial charge < -0.3 is 15.2 Å². The smallest absolute Gasteiger partial charge is 0.276 e. The predicted molar refractivity (Wildman–Crippen MR) is 67.9 cm³/mol. The van der Waals surface area contributed by atoms with Crippen molar-refractivity contribution in [1.29, 1.82) is 0 Å². The summed E-state index contributed by atoms with van der Waals surface area (Å²) in [6.07, 6.45) is 0. The largest absolute Gasteiger partial charge is 0.399 e. The first-order valence-corrected chi connectivity index (χ1v) is 5.59. The van der Waals surface area contributed by atoms with E-state index in [4.69, 9.17) is 10.3 Å². The Balaban J connectivity index is 2.08. The summed E-state index contributed by atoms with van der Waals surface area (Å²) < 4.78 is 4.89. The molecule has 0 unspecified atom stereocenters. The van der Waals surface area contributed by atoms with Gasteiger partial charge in [-0.25, -0.2) is 0 Å². The molecule has 2 aromatic rings. The SMILES string of the molecule is Cc1cc(C(=O)N(C)Cc2cccc(N)c2)no1. The van der Waals surface area contributed by atoms with Gasteiger partial charge in [0.25, 0.3) is 5.91 Å². The fraction of sp³-hybridized carbons (Fsp3) is 0.231. The molecule has 1 heterocycles. The quantitative estimate of drug-likeness (QED) is 0.837. The van der Waals surface area contributed by atoms with E-state index in [0.717, 1.165) is 5.56 Å². The van der Waals surface area contributed by atoms with Crippen molar-refractivity contribution in [3.05, 3.63) is 47.3 Å². The van der Waals surface area contributed by atoms with Crippen LogP contribution in [0, 0.1) is 6.92 Å². The Morgan fingerprint density at radius 2 is 2.22 bits per heavy atom. The van der Waals surface area contributed by atoms with Crippen molar-refractivity contribution in [1.82, 2.24) is 10.1 Å². The highest BCUT2D eigenvalue weighted by Crippen LogP contribution is 2.11. The Morgan fingerprint density at radius 1 is 1.44 bits per heavy atom. The molecule has 18 heavy (non-hydrogen) atoms. The Bertz CT molecular complexity index is 563. The van der Waals surface area contributed by atoms with Crippen molar-refractivity contribution >= 4 is 11.6 Å². The topological polar surface area (TPSA) is 72.4 Å². The Morgan fingerprint density at radius 3 is 2.83 bits per heavy atom. The van der Waals surface area contributed by atoms with Crippen molar-refractivity contribution in [2.24, 2.45) is 0 Å². The van der Waals surface area contributed by atoms with Crippen molar-refractivity contribution in [3.63, 3.8) is 0 Å². The zero-order valence-electron chi connectivity index (χ0n) is 10.4. The van der Waals surface area contributed by atoms with Gasteiger partial charge in [-0.3, -0.25) is 4.79 Å². The number of nitrogens with zero attached hydrogens (tertiary/aromatic N) is 2. The second-order valence-corrected chi connectivity index (χ2v) is 4.23. The van der Waals surface area contributed by atoms with E-state index in [1.165, 1.54) is 0 Å². The van der Waals surface area contributed by atoms with Gasteiger partial charge in [0, 0.05) is 25.3 Å². The Hall–Kier alpha value is -2.30. The molecule has 0 fully saturated rings. The van der Waals surface area contributed by atoms with Crippen LogP contribution in [-0.4, -0.2) is 23.0 Å². The number of aryl methyl sites for hydroxylation is 1. The third-order valence-electron chi connectivity index (χ3n) is 2.56. The van der Waals surface area contributed by atoms with Gasteiger partial charge >= 0.3 is 0 Å². The first kappa shape index (κ1) is 12.2. The molecule has 0 radical (unpaired) electrons. The van der Waals surface area contributed by atoms with Gasteiger partial charge in [0.2, 0.25) is 0 Å². The van der Waals surface area contributed by atoms with Crippen LogP contribution in [0.4, 0.5) is 5.69 Å². The molecule has 1 aromatic carbocycles. The molecule has 0 saturated heterocycles. The van der Waals surface area contributed by atoms with Gasteiger partial charge in [-0.1, -0.05) is 17.3 Å². The predicted octanol–water partition coefficient (Wildman–Crippen LogP) is 1.84. The maximum Gasteiger partial charge on any atom is 0.276 e. The molecule has 0 bridgehead atoms. The third kappa shape index (κ3) is 2.68. The number of benzene rings is 1. The van der Waals surface area contributed by atoms with Crippen molar-refractivity contribution in [3.8, 4) is 0 Å². The summed E-state index contributed by atoms with van der Waals surface area (Å²) in [6.45, 7) is 2.23. The van der Waals surface area contributed by atoms with E-state index in [9.17, 15) is 4.79 Å². The molecule has 5 nitrogen and oxygen atoms in total. The zero-order chi connectivity index (χ0) is 13.1. The summed E-state index contributed by atoms with van der Waals surface area (Å²) in [5, 5.41) is 3.71. The first-order chi connectivity index (χ1) is 8.56. The molecule has 5 heteroatoms. The summed E-state index contributed by atoms with van der Waals surface area (Å²) in [6, 6.07) is 9.07. The fourth-order valence-corrected chi connectivity index (χ4v) is 1.70. The van der Waals surface area contributed by atoms with E-state index in [-0.39, 0.29) is 5.91 Å². The molecule has 0 aliphatic carbocycles. The van der Waals surface area contributed by atoms with Gasteiger partial charge in [0.1, 0.15) is 5.76 Å². The number of amides is 1. The van der Waals surface area contributed by atoms with Crippen LogP contribution >= 0.6 is 0 Å². The van der Waals surface area contributed by atoms with Gasteiger partial charge in [-0.05, 0) is 24.6 Å². The van der Waals surface area contributed by atoms with E-state index in [0.29, 0.717) is 23.7 Å². The molecule has 0 saturated carbocycles. The normalized spacial score (nSPS) is 10.3. The van der Waals surface area contributed by atoms with Crippen LogP contribution in [0.15, 0.2) is 34.9 Å². The van der Waals surface area contributed by atoms with Crippen LogP contribution in [0.5, 0.6) is 0 Å². The van der Waals surface area contributed by atoms with Crippen LogP contribution in [0.3, 0.4) is 0 Å². The second kappa shape index (κ2) is 4.91. The van der Waals surface area contributed by atoms with E-state index in [2.05, 4.69) is 5.16 Å². The number of hydrogen-bond donors (Lipinski definition) is 1. The van der Waals surface area contributed by atoms with Crippen molar-refractivity contribution in [2.75, 3.05) is 12.8 Å². The highest BCUT2D eigenvalue weighted by atomic mass is 16.5. The van der Waals surface area contributed by atoms with Crippen molar-refractivity contribution < 1.29 is 9.32 Å². The number of hydrogen-bond acceptors (Lipinski definition) is 4. The van der Waals surface area contributed by atoms with Crippen molar-refractivity contribution in [2.45, 2.75) is 13.5 Å². The average molecular weight is 245 g/mol. The monoisotopic (exact) mass is 245 g/mol. The summed E-state index contributed by atoms with van der Waals surface area (Å²) in [4.78, 5) is 13.6. The van der Waals surface area contributed by atoms with Crippen LogP contribution < -0.4 is 5.73 Å². The average Bonchev–Trinajstić information content (AvgIpc) is 2.75. The minimum Gasteiger partial charge on any atom is -0.399 e. The Kier molecular flexibility index (Phi) is 3.32. The minimum absolute atomic E-state index is 0.172. The van der Waals surface area contributed by atoms with Gasteiger partial charge in [0.05, 0.1) is 0 Å². The number of aromatic nitrogens is 1. The summed E-state index contributed by atoms with van der Waals surface area (Å²) in [5.41, 5.74) is 7.68. The standard InChI is InChI=1S/C13H15N3O2/c1-9-6-12(15-18-9)13(17)16(2)8-10-4-3-5-11(14)7-10/h3-7H,8,14H2,1-2H3. The lowest BCUT2D eigenvalue weighted by Gasteiger charge is -2.15. The van der Waals surface area contributed by atoms with Gasteiger partial charge in [-0.15, -0.1) is 0 Å². The number of nitrogens with two attached hydrogens (primary N) is 1. The van der Waals surface area contributed by atoms with E-state index >= 15 is 0 Å². The molecular formula is C13H15N3O2. The molecule has 1 aromatic heterocycles. The number of anilines is 1. The second-order valence-electron chi connectivity index (χ2n) is 4.23. The first-order valence-electron chi connectivity index (χ1n) is 5.59. The zero-order valence-corrected chi connectivity index (χ0v) is 10.4. The number of carbonyl (C=O) groups is 1. The van der Waals surface area contributed by atoms with Crippen LogP contribution in [-0.2, 0) is 6.54 Å². The molecule has 1 amide bonds. The summed E-state index contributed by atoms with van der Waals surface area (Å²) >= 11 is 0. The maximum atomic E-state index is 12.0.